The number of hydrogen-bond donors (Lipinski definition) is 4. The van der Waals surface area contributed by atoms with Crippen molar-refractivity contribution in [3.8, 4) is 5.75 Å². The van der Waals surface area contributed by atoms with Crippen molar-refractivity contribution < 1.29 is 18.7 Å². The SMILES string of the molecule is C=CC(=O)Nc1cc(C(NCNc2cccc(N3CCOCC3)c2)=C(C=NC)Nc2cccc(F)c2)ccc1OC. The monoisotopic (exact) mass is 558 g/mol. The number of nitrogens with one attached hydrogen (secondary N) is 4. The van der Waals surface area contributed by atoms with Crippen LogP contribution in [0.2, 0.25) is 0 Å². The third kappa shape index (κ3) is 8.09. The Morgan fingerprint density at radius 2 is 1.85 bits per heavy atom. The van der Waals surface area contributed by atoms with Gasteiger partial charge in [0.25, 0.3) is 0 Å². The van der Waals surface area contributed by atoms with Gasteiger partial charge in [0.15, 0.2) is 0 Å². The molecule has 0 saturated carbocycles. The van der Waals surface area contributed by atoms with Crippen LogP contribution in [0.1, 0.15) is 5.56 Å². The Balaban J connectivity index is 1.65. The molecule has 0 unspecified atom stereocenters. The Kier molecular flexibility index (Phi) is 10.3. The molecule has 1 aliphatic heterocycles. The number of morpholine rings is 1. The van der Waals surface area contributed by atoms with E-state index >= 15 is 0 Å². The van der Waals surface area contributed by atoms with Gasteiger partial charge in [0.1, 0.15) is 11.6 Å². The highest BCUT2D eigenvalue weighted by molar-refractivity contribution is 6.01. The minimum atomic E-state index is -0.367. The minimum Gasteiger partial charge on any atom is -0.495 e. The quantitative estimate of drug-likeness (QED) is 0.142. The predicted octanol–water partition coefficient (Wildman–Crippen LogP) is 4.94. The zero-order chi connectivity index (χ0) is 29.0. The number of carbonyl (C=O) groups is 1. The molecule has 4 N–H and O–H groups in total. The molecular formula is C31H35FN6O3. The highest BCUT2D eigenvalue weighted by Crippen LogP contribution is 2.29. The van der Waals surface area contributed by atoms with Gasteiger partial charge in [-0.05, 0) is 60.7 Å². The molecule has 1 aliphatic rings. The van der Waals surface area contributed by atoms with Crippen molar-refractivity contribution in [2.24, 2.45) is 4.99 Å². The number of amides is 1. The second-order valence-electron chi connectivity index (χ2n) is 9.10. The molecule has 1 fully saturated rings. The summed E-state index contributed by atoms with van der Waals surface area (Å²) < 4.78 is 24.9. The second-order valence-corrected chi connectivity index (χ2v) is 9.10. The number of hydrogen-bond acceptors (Lipinski definition) is 8. The number of halogens is 1. The van der Waals surface area contributed by atoms with Crippen LogP contribution in [0.5, 0.6) is 5.75 Å². The van der Waals surface area contributed by atoms with Gasteiger partial charge in [0.05, 0.1) is 44.1 Å². The zero-order valence-electron chi connectivity index (χ0n) is 23.2. The fourth-order valence-corrected chi connectivity index (χ4v) is 4.38. The fraction of sp³-hybridized carbons (Fsp3) is 0.226. The van der Waals surface area contributed by atoms with Crippen LogP contribution < -0.4 is 30.9 Å². The molecule has 1 amide bonds. The van der Waals surface area contributed by atoms with E-state index in [9.17, 15) is 9.18 Å². The molecule has 3 aromatic rings. The molecule has 0 radical (unpaired) electrons. The van der Waals surface area contributed by atoms with Gasteiger partial charge >= 0.3 is 0 Å². The normalized spacial score (nSPS) is 13.8. The van der Waals surface area contributed by atoms with Gasteiger partial charge in [-0.15, -0.1) is 0 Å². The summed E-state index contributed by atoms with van der Waals surface area (Å²) in [5, 5.41) is 12.9. The Morgan fingerprint density at radius 3 is 2.59 bits per heavy atom. The maximum absolute atomic E-state index is 14.0. The summed E-state index contributed by atoms with van der Waals surface area (Å²) in [6.45, 7) is 7.01. The predicted molar refractivity (Wildman–Crippen MR) is 164 cm³/mol. The summed E-state index contributed by atoms with van der Waals surface area (Å²) in [4.78, 5) is 18.6. The third-order valence-electron chi connectivity index (χ3n) is 6.34. The standard InChI is InChI=1S/C31H35FN6O3/c1-4-30(39)37-27-17-22(11-12-29(27)40-3)31(28(20-33-2)36-25-9-5-7-23(32)18-25)35-21-34-24-8-6-10-26(19-24)38-13-15-41-16-14-38/h4-12,17-20,34-36H,1,13-16,21H2,2-3H3,(H,37,39). The first-order valence-electron chi connectivity index (χ1n) is 13.2. The summed E-state index contributed by atoms with van der Waals surface area (Å²) in [6, 6.07) is 19.8. The van der Waals surface area contributed by atoms with E-state index in [1.165, 1.54) is 25.3 Å². The molecule has 1 saturated heterocycles. The summed E-state index contributed by atoms with van der Waals surface area (Å²) >= 11 is 0. The van der Waals surface area contributed by atoms with Crippen LogP contribution in [0.4, 0.5) is 27.1 Å². The third-order valence-corrected chi connectivity index (χ3v) is 6.34. The summed E-state index contributed by atoms with van der Waals surface area (Å²) in [5.41, 5.74) is 5.07. The number of nitrogens with zero attached hydrogens (tertiary/aromatic N) is 2. The summed E-state index contributed by atoms with van der Waals surface area (Å²) in [5.74, 6) is -0.239. The molecule has 1 heterocycles. The van der Waals surface area contributed by atoms with E-state index < -0.39 is 0 Å². The van der Waals surface area contributed by atoms with Crippen molar-refractivity contribution >= 4 is 40.6 Å². The Labute approximate surface area is 239 Å². The number of allylic oxidation sites excluding steroid dienone is 1. The molecule has 4 rings (SSSR count). The van der Waals surface area contributed by atoms with E-state index in [2.05, 4.69) is 49.9 Å². The molecule has 0 spiro atoms. The van der Waals surface area contributed by atoms with Crippen molar-refractivity contribution in [3.05, 3.63) is 96.5 Å². The first-order valence-corrected chi connectivity index (χ1v) is 13.2. The van der Waals surface area contributed by atoms with Crippen molar-refractivity contribution in [2.45, 2.75) is 0 Å². The number of benzene rings is 3. The maximum Gasteiger partial charge on any atom is 0.247 e. The average molecular weight is 559 g/mol. The number of methoxy groups -OCH3 is 1. The zero-order valence-corrected chi connectivity index (χ0v) is 23.2. The first-order chi connectivity index (χ1) is 20.0. The molecule has 0 aliphatic carbocycles. The smallest absolute Gasteiger partial charge is 0.247 e. The van der Waals surface area contributed by atoms with Crippen molar-refractivity contribution in [3.63, 3.8) is 0 Å². The van der Waals surface area contributed by atoms with Gasteiger partial charge in [-0.3, -0.25) is 9.79 Å². The molecule has 214 valence electrons. The molecule has 3 aromatic carbocycles. The van der Waals surface area contributed by atoms with Gasteiger partial charge < -0.3 is 35.6 Å². The van der Waals surface area contributed by atoms with Gasteiger partial charge in [0.2, 0.25) is 5.91 Å². The Hall–Kier alpha value is -4.83. The number of carbonyl (C=O) groups excluding carboxylic acids is 1. The molecule has 10 heteroatoms. The largest absolute Gasteiger partial charge is 0.495 e. The number of aliphatic imine (C=N–C) groups is 1. The average Bonchev–Trinajstić information content (AvgIpc) is 3.00. The summed E-state index contributed by atoms with van der Waals surface area (Å²) in [6.07, 6.45) is 2.84. The van der Waals surface area contributed by atoms with E-state index in [1.54, 1.807) is 37.5 Å². The highest BCUT2D eigenvalue weighted by atomic mass is 19.1. The van der Waals surface area contributed by atoms with E-state index in [0.29, 0.717) is 48.4 Å². The van der Waals surface area contributed by atoms with Crippen LogP contribution in [-0.2, 0) is 9.53 Å². The van der Waals surface area contributed by atoms with Gasteiger partial charge in [-0.25, -0.2) is 4.39 Å². The fourth-order valence-electron chi connectivity index (χ4n) is 4.38. The second kappa shape index (κ2) is 14.5. The van der Waals surface area contributed by atoms with E-state index in [4.69, 9.17) is 9.47 Å². The lowest BCUT2D eigenvalue weighted by atomic mass is 10.1. The van der Waals surface area contributed by atoms with Gasteiger partial charge in [-0.1, -0.05) is 18.7 Å². The van der Waals surface area contributed by atoms with Crippen LogP contribution in [0.25, 0.3) is 5.70 Å². The molecular weight excluding hydrogens is 523 g/mol. The minimum absolute atomic E-state index is 0.355. The van der Waals surface area contributed by atoms with E-state index in [1.807, 2.05) is 18.2 Å². The number of anilines is 4. The van der Waals surface area contributed by atoms with Crippen molar-refractivity contribution in [2.75, 3.05) is 68.0 Å². The van der Waals surface area contributed by atoms with E-state index in [-0.39, 0.29) is 11.7 Å². The molecule has 0 bridgehead atoms. The molecule has 9 nitrogen and oxygen atoms in total. The summed E-state index contributed by atoms with van der Waals surface area (Å²) in [7, 11) is 3.19. The number of ether oxygens (including phenoxy) is 2. The lowest BCUT2D eigenvalue weighted by Crippen LogP contribution is -2.36. The van der Waals surface area contributed by atoms with Crippen LogP contribution in [-0.4, -0.2) is 59.3 Å². The van der Waals surface area contributed by atoms with Gasteiger partial charge in [-0.2, -0.15) is 0 Å². The highest BCUT2D eigenvalue weighted by Gasteiger charge is 2.15. The Bertz CT molecular complexity index is 1420. The molecule has 41 heavy (non-hydrogen) atoms. The first kappa shape index (κ1) is 29.2. The van der Waals surface area contributed by atoms with E-state index in [0.717, 1.165) is 30.0 Å². The number of rotatable bonds is 12. The van der Waals surface area contributed by atoms with Crippen LogP contribution in [0.15, 0.2) is 90.1 Å². The van der Waals surface area contributed by atoms with Crippen LogP contribution in [0, 0.1) is 5.82 Å². The lowest BCUT2D eigenvalue weighted by Gasteiger charge is -2.29. The van der Waals surface area contributed by atoms with Gasteiger partial charge in [0, 0.05) is 49.0 Å². The lowest BCUT2D eigenvalue weighted by molar-refractivity contribution is -0.111. The maximum atomic E-state index is 14.0. The van der Waals surface area contributed by atoms with Crippen molar-refractivity contribution in [1.82, 2.24) is 5.32 Å². The van der Waals surface area contributed by atoms with Crippen molar-refractivity contribution in [1.29, 1.82) is 0 Å². The van der Waals surface area contributed by atoms with Crippen LogP contribution >= 0.6 is 0 Å². The molecule has 0 aromatic heterocycles. The molecule has 0 atom stereocenters. The van der Waals surface area contributed by atoms with Crippen LogP contribution in [0.3, 0.4) is 0 Å². The topological polar surface area (TPSA) is 99.3 Å². The Morgan fingerprint density at radius 1 is 1.07 bits per heavy atom.